The first-order chi connectivity index (χ1) is 12.8. The van der Waals surface area contributed by atoms with Crippen molar-refractivity contribution in [2.24, 2.45) is 0 Å². The molecule has 7 nitrogen and oxygen atoms in total. The van der Waals surface area contributed by atoms with Crippen LogP contribution in [0.15, 0.2) is 30.3 Å². The molecule has 0 bridgehead atoms. The van der Waals surface area contributed by atoms with E-state index in [-0.39, 0.29) is 12.6 Å². The first-order valence-electron chi connectivity index (χ1n) is 9.37. The fourth-order valence-electron chi connectivity index (χ4n) is 2.89. The zero-order valence-corrected chi connectivity index (χ0v) is 16.6. The van der Waals surface area contributed by atoms with Crippen molar-refractivity contribution < 1.29 is 23.9 Å². The summed E-state index contributed by atoms with van der Waals surface area (Å²) >= 11 is 0. The molecule has 0 saturated carbocycles. The minimum absolute atomic E-state index is 0.0908. The average molecular weight is 378 g/mol. The molecule has 27 heavy (non-hydrogen) atoms. The van der Waals surface area contributed by atoms with Gasteiger partial charge in [-0.15, -0.1) is 0 Å². The standard InChI is InChI=1S/C20H30N2O5/c1-5-25-18(23)17-12-11-16(13-22(17)19(24)27-20(2,3)4)21-26-14-15-9-7-6-8-10-15/h6-10,16-17,21H,5,11-14H2,1-4H3/t16-,17+/m0/s1. The summed E-state index contributed by atoms with van der Waals surface area (Å²) in [7, 11) is 0. The van der Waals surface area contributed by atoms with Crippen LogP contribution in [0.5, 0.6) is 0 Å². The quantitative estimate of drug-likeness (QED) is 0.606. The van der Waals surface area contributed by atoms with Crippen molar-refractivity contribution in [3.8, 4) is 0 Å². The molecule has 1 aliphatic rings. The number of hydrogen-bond acceptors (Lipinski definition) is 6. The molecule has 1 aromatic carbocycles. The largest absolute Gasteiger partial charge is 0.464 e. The van der Waals surface area contributed by atoms with E-state index in [0.29, 0.717) is 26.0 Å². The third-order valence-electron chi connectivity index (χ3n) is 4.10. The molecule has 1 fully saturated rings. The average Bonchev–Trinajstić information content (AvgIpc) is 2.61. The number of esters is 1. The van der Waals surface area contributed by atoms with Crippen LogP contribution in [-0.2, 0) is 25.7 Å². The number of carbonyl (C=O) groups excluding carboxylic acids is 2. The second-order valence-corrected chi connectivity index (χ2v) is 7.57. The van der Waals surface area contributed by atoms with Gasteiger partial charge in [-0.2, -0.15) is 5.48 Å². The van der Waals surface area contributed by atoms with Crippen molar-refractivity contribution in [3.63, 3.8) is 0 Å². The summed E-state index contributed by atoms with van der Waals surface area (Å²) < 4.78 is 10.6. The number of likely N-dealkylation sites (tertiary alicyclic amines) is 1. The topological polar surface area (TPSA) is 77.1 Å². The Morgan fingerprint density at radius 1 is 1.19 bits per heavy atom. The molecular weight excluding hydrogens is 348 g/mol. The molecule has 0 radical (unpaired) electrons. The Kier molecular flexibility index (Phi) is 7.62. The zero-order valence-electron chi connectivity index (χ0n) is 16.6. The first-order valence-corrected chi connectivity index (χ1v) is 9.37. The van der Waals surface area contributed by atoms with Gasteiger partial charge >= 0.3 is 12.1 Å². The fourth-order valence-corrected chi connectivity index (χ4v) is 2.89. The number of hydrogen-bond donors (Lipinski definition) is 1. The highest BCUT2D eigenvalue weighted by Gasteiger charge is 2.39. The number of amides is 1. The number of ether oxygens (including phenoxy) is 2. The van der Waals surface area contributed by atoms with E-state index in [9.17, 15) is 9.59 Å². The summed E-state index contributed by atoms with van der Waals surface area (Å²) in [5, 5.41) is 0. The van der Waals surface area contributed by atoms with Crippen LogP contribution in [0.2, 0.25) is 0 Å². The van der Waals surface area contributed by atoms with Crippen LogP contribution in [0, 0.1) is 0 Å². The summed E-state index contributed by atoms with van der Waals surface area (Å²) in [6, 6.07) is 9.09. The van der Waals surface area contributed by atoms with E-state index in [1.807, 2.05) is 30.3 Å². The lowest BCUT2D eigenvalue weighted by Gasteiger charge is -2.38. The van der Waals surface area contributed by atoms with Crippen LogP contribution in [0.25, 0.3) is 0 Å². The number of nitrogens with one attached hydrogen (secondary N) is 1. The van der Waals surface area contributed by atoms with Crippen LogP contribution in [-0.4, -0.2) is 47.8 Å². The molecular formula is C20H30N2O5. The molecule has 2 rings (SSSR count). The Bertz CT molecular complexity index is 615. The van der Waals surface area contributed by atoms with E-state index < -0.39 is 23.7 Å². The van der Waals surface area contributed by atoms with Crippen LogP contribution in [0.3, 0.4) is 0 Å². The number of rotatable bonds is 6. The fraction of sp³-hybridized carbons (Fsp3) is 0.600. The third kappa shape index (κ3) is 6.84. The van der Waals surface area contributed by atoms with E-state index in [2.05, 4.69) is 5.48 Å². The molecule has 150 valence electrons. The number of carbonyl (C=O) groups is 2. The summed E-state index contributed by atoms with van der Waals surface area (Å²) in [6.07, 6.45) is 0.664. The van der Waals surface area contributed by atoms with E-state index in [1.165, 1.54) is 4.90 Å². The zero-order chi connectivity index (χ0) is 19.9. The van der Waals surface area contributed by atoms with Crippen LogP contribution in [0.1, 0.15) is 46.1 Å². The summed E-state index contributed by atoms with van der Waals surface area (Å²) in [5.74, 6) is -0.396. The SMILES string of the molecule is CCOC(=O)[C@H]1CC[C@H](NOCc2ccccc2)CN1C(=O)OC(C)(C)C. The van der Waals surface area contributed by atoms with Crippen molar-refractivity contribution >= 4 is 12.1 Å². The monoisotopic (exact) mass is 378 g/mol. The van der Waals surface area contributed by atoms with Gasteiger partial charge in [-0.3, -0.25) is 9.74 Å². The van der Waals surface area contributed by atoms with Gasteiger partial charge in [0.2, 0.25) is 0 Å². The molecule has 0 spiro atoms. The Morgan fingerprint density at radius 2 is 1.89 bits per heavy atom. The normalized spacial score (nSPS) is 20.2. The van der Waals surface area contributed by atoms with Gasteiger partial charge in [0, 0.05) is 6.54 Å². The molecule has 1 aliphatic heterocycles. The van der Waals surface area contributed by atoms with Gasteiger partial charge in [0.05, 0.1) is 19.3 Å². The lowest BCUT2D eigenvalue weighted by atomic mass is 9.99. The van der Waals surface area contributed by atoms with Crippen molar-refractivity contribution in [1.82, 2.24) is 10.4 Å². The number of piperidine rings is 1. The van der Waals surface area contributed by atoms with Gasteiger partial charge in [0.15, 0.2) is 0 Å². The van der Waals surface area contributed by atoms with E-state index in [4.69, 9.17) is 14.3 Å². The predicted molar refractivity (Wildman–Crippen MR) is 101 cm³/mol. The molecule has 7 heteroatoms. The predicted octanol–water partition coefficient (Wildman–Crippen LogP) is 3.04. The summed E-state index contributed by atoms with van der Waals surface area (Å²) in [6.45, 7) is 8.16. The van der Waals surface area contributed by atoms with Crippen molar-refractivity contribution in [3.05, 3.63) is 35.9 Å². The van der Waals surface area contributed by atoms with Crippen LogP contribution < -0.4 is 5.48 Å². The highest BCUT2D eigenvalue weighted by molar-refractivity contribution is 5.81. The smallest absolute Gasteiger partial charge is 0.411 e. The highest BCUT2D eigenvalue weighted by atomic mass is 16.6. The lowest BCUT2D eigenvalue weighted by molar-refractivity contribution is -0.151. The maximum Gasteiger partial charge on any atom is 0.411 e. The van der Waals surface area contributed by atoms with Crippen molar-refractivity contribution in [1.29, 1.82) is 0 Å². The van der Waals surface area contributed by atoms with Gasteiger partial charge in [0.25, 0.3) is 0 Å². The van der Waals surface area contributed by atoms with Gasteiger partial charge in [-0.1, -0.05) is 30.3 Å². The van der Waals surface area contributed by atoms with Gasteiger partial charge < -0.3 is 9.47 Å². The Labute approximate surface area is 160 Å². The van der Waals surface area contributed by atoms with Gasteiger partial charge in [-0.05, 0) is 46.1 Å². The molecule has 0 aromatic heterocycles. The molecule has 1 heterocycles. The third-order valence-corrected chi connectivity index (χ3v) is 4.10. The number of nitrogens with zero attached hydrogens (tertiary/aromatic N) is 1. The maximum atomic E-state index is 12.6. The molecule has 2 atom stereocenters. The summed E-state index contributed by atoms with van der Waals surface area (Å²) in [4.78, 5) is 31.9. The molecule has 1 saturated heterocycles. The molecule has 1 amide bonds. The first kappa shape index (κ1) is 21.2. The minimum atomic E-state index is -0.638. The van der Waals surface area contributed by atoms with Gasteiger partial charge in [0.1, 0.15) is 11.6 Å². The molecule has 0 aliphatic carbocycles. The van der Waals surface area contributed by atoms with E-state index in [1.54, 1.807) is 27.7 Å². The molecule has 1 N–H and O–H groups in total. The Balaban J connectivity index is 1.96. The lowest BCUT2D eigenvalue weighted by Crippen LogP contribution is -2.56. The van der Waals surface area contributed by atoms with E-state index >= 15 is 0 Å². The van der Waals surface area contributed by atoms with Crippen LogP contribution >= 0.6 is 0 Å². The number of hydroxylamine groups is 1. The van der Waals surface area contributed by atoms with Crippen molar-refractivity contribution in [2.75, 3.05) is 13.2 Å². The maximum absolute atomic E-state index is 12.6. The number of benzene rings is 1. The Hall–Kier alpha value is -2.12. The molecule has 0 unspecified atom stereocenters. The van der Waals surface area contributed by atoms with E-state index in [0.717, 1.165) is 5.56 Å². The second-order valence-electron chi connectivity index (χ2n) is 7.57. The summed E-state index contributed by atoms with van der Waals surface area (Å²) in [5.41, 5.74) is 3.42. The Morgan fingerprint density at radius 3 is 2.52 bits per heavy atom. The highest BCUT2D eigenvalue weighted by Crippen LogP contribution is 2.22. The second kappa shape index (κ2) is 9.71. The van der Waals surface area contributed by atoms with Crippen LogP contribution in [0.4, 0.5) is 4.79 Å². The van der Waals surface area contributed by atoms with Gasteiger partial charge in [-0.25, -0.2) is 9.59 Å². The molecule has 1 aromatic rings. The van der Waals surface area contributed by atoms with Crippen molar-refractivity contribution in [2.45, 2.75) is 64.8 Å². The minimum Gasteiger partial charge on any atom is -0.464 e.